The molecular formula is C18H21NO2. The molecule has 3 heteroatoms. The van der Waals surface area contributed by atoms with Crippen LogP contribution in [0.2, 0.25) is 0 Å². The first-order chi connectivity index (χ1) is 10.1. The van der Waals surface area contributed by atoms with Gasteiger partial charge in [-0.2, -0.15) is 0 Å². The van der Waals surface area contributed by atoms with E-state index in [0.717, 1.165) is 35.4 Å². The van der Waals surface area contributed by atoms with Crippen LogP contribution in [0.25, 0.3) is 16.5 Å². The first kappa shape index (κ1) is 14.1. The van der Waals surface area contributed by atoms with Crippen molar-refractivity contribution >= 4 is 16.5 Å². The summed E-state index contributed by atoms with van der Waals surface area (Å²) in [7, 11) is 1.71. The molecule has 3 rings (SSSR count). The van der Waals surface area contributed by atoms with E-state index in [-0.39, 0.29) is 6.10 Å². The number of benzene rings is 1. The Morgan fingerprint density at radius 3 is 2.81 bits per heavy atom. The Kier molecular flexibility index (Phi) is 3.68. The number of aryl methyl sites for hydroxylation is 1. The number of ether oxygens (including phenoxy) is 2. The minimum absolute atomic E-state index is 0.197. The Morgan fingerprint density at radius 2 is 2.05 bits per heavy atom. The highest BCUT2D eigenvalue weighted by molar-refractivity contribution is 5.89. The van der Waals surface area contributed by atoms with Gasteiger partial charge >= 0.3 is 0 Å². The van der Waals surface area contributed by atoms with Gasteiger partial charge in [0, 0.05) is 17.1 Å². The summed E-state index contributed by atoms with van der Waals surface area (Å²) in [4.78, 5) is 4.58. The molecule has 1 aliphatic rings. The summed E-state index contributed by atoms with van der Waals surface area (Å²) in [6, 6.07) is 8.42. The summed E-state index contributed by atoms with van der Waals surface area (Å²) in [5.74, 6) is 0.887. The molecule has 2 aromatic rings. The summed E-state index contributed by atoms with van der Waals surface area (Å²) in [6.45, 7) is 7.05. The fraction of sp³-hybridized carbons (Fsp3) is 0.389. The van der Waals surface area contributed by atoms with Crippen molar-refractivity contribution < 1.29 is 9.47 Å². The Hall–Kier alpha value is -1.87. The second-order valence-electron chi connectivity index (χ2n) is 5.62. The third-order valence-corrected chi connectivity index (χ3v) is 4.27. The van der Waals surface area contributed by atoms with Crippen LogP contribution in [0, 0.1) is 6.92 Å². The van der Waals surface area contributed by atoms with E-state index in [1.54, 1.807) is 7.11 Å². The highest BCUT2D eigenvalue weighted by Gasteiger charge is 2.18. The topological polar surface area (TPSA) is 31.4 Å². The van der Waals surface area contributed by atoms with Gasteiger partial charge in [0.2, 0.25) is 0 Å². The van der Waals surface area contributed by atoms with E-state index in [1.807, 2.05) is 13.0 Å². The molecule has 1 atom stereocenters. The number of fused-ring (bicyclic) bond motifs is 1. The van der Waals surface area contributed by atoms with Crippen LogP contribution in [0.4, 0.5) is 0 Å². The fourth-order valence-corrected chi connectivity index (χ4v) is 2.95. The van der Waals surface area contributed by atoms with E-state index in [4.69, 9.17) is 9.47 Å². The van der Waals surface area contributed by atoms with Crippen molar-refractivity contribution in [2.75, 3.05) is 13.7 Å². The van der Waals surface area contributed by atoms with Crippen molar-refractivity contribution in [3.63, 3.8) is 0 Å². The molecule has 0 N–H and O–H groups in total. The van der Waals surface area contributed by atoms with Crippen LogP contribution in [0.1, 0.15) is 31.5 Å². The molecule has 0 bridgehead atoms. The Labute approximate surface area is 125 Å². The molecule has 110 valence electrons. The number of hydrogen-bond acceptors (Lipinski definition) is 3. The third-order valence-electron chi connectivity index (χ3n) is 4.27. The predicted octanol–water partition coefficient (Wildman–Crippen LogP) is 4.13. The third kappa shape index (κ3) is 2.54. The number of hydrogen-bond donors (Lipinski definition) is 0. The molecule has 0 aliphatic carbocycles. The summed E-state index contributed by atoms with van der Waals surface area (Å²) in [6.07, 6.45) is 1.16. The zero-order valence-electron chi connectivity index (χ0n) is 13.1. The SMILES string of the molecule is COc1cc(C)nc2ccc(C3=C(C)C(C)OCC3)cc12. The second kappa shape index (κ2) is 5.49. The van der Waals surface area contributed by atoms with Gasteiger partial charge in [-0.05, 0) is 56.0 Å². The molecule has 0 saturated carbocycles. The van der Waals surface area contributed by atoms with Gasteiger partial charge in [-0.3, -0.25) is 4.98 Å². The van der Waals surface area contributed by atoms with Crippen molar-refractivity contribution in [2.24, 2.45) is 0 Å². The Balaban J connectivity index is 2.17. The van der Waals surface area contributed by atoms with E-state index < -0.39 is 0 Å². The zero-order chi connectivity index (χ0) is 15.0. The summed E-state index contributed by atoms with van der Waals surface area (Å²) < 4.78 is 11.2. The summed E-state index contributed by atoms with van der Waals surface area (Å²) in [5, 5.41) is 1.07. The lowest BCUT2D eigenvalue weighted by Crippen LogP contribution is -2.18. The molecule has 0 radical (unpaired) electrons. The van der Waals surface area contributed by atoms with Gasteiger partial charge < -0.3 is 9.47 Å². The Morgan fingerprint density at radius 1 is 1.24 bits per heavy atom. The smallest absolute Gasteiger partial charge is 0.130 e. The van der Waals surface area contributed by atoms with Gasteiger partial charge in [-0.15, -0.1) is 0 Å². The van der Waals surface area contributed by atoms with Gasteiger partial charge in [0.1, 0.15) is 5.75 Å². The minimum atomic E-state index is 0.197. The predicted molar refractivity (Wildman–Crippen MR) is 85.7 cm³/mol. The maximum Gasteiger partial charge on any atom is 0.130 e. The molecular weight excluding hydrogens is 262 g/mol. The van der Waals surface area contributed by atoms with Crippen LogP contribution in [-0.4, -0.2) is 24.8 Å². The number of rotatable bonds is 2. The van der Waals surface area contributed by atoms with Gasteiger partial charge in [0.05, 0.1) is 25.3 Å². The maximum atomic E-state index is 5.69. The summed E-state index contributed by atoms with van der Waals surface area (Å²) in [5.41, 5.74) is 5.91. The maximum absolute atomic E-state index is 5.69. The van der Waals surface area contributed by atoms with Crippen molar-refractivity contribution in [1.82, 2.24) is 4.98 Å². The molecule has 1 aromatic heterocycles. The lowest BCUT2D eigenvalue weighted by atomic mass is 9.92. The molecule has 1 aliphatic heterocycles. The van der Waals surface area contributed by atoms with Crippen LogP contribution < -0.4 is 4.74 Å². The van der Waals surface area contributed by atoms with E-state index in [9.17, 15) is 0 Å². The number of aromatic nitrogens is 1. The van der Waals surface area contributed by atoms with Crippen molar-refractivity contribution in [3.8, 4) is 5.75 Å². The van der Waals surface area contributed by atoms with Gasteiger partial charge in [-0.25, -0.2) is 0 Å². The van der Waals surface area contributed by atoms with Crippen molar-refractivity contribution in [2.45, 2.75) is 33.3 Å². The second-order valence-corrected chi connectivity index (χ2v) is 5.62. The molecule has 0 saturated heterocycles. The molecule has 1 aromatic carbocycles. The highest BCUT2D eigenvalue weighted by atomic mass is 16.5. The van der Waals surface area contributed by atoms with Crippen LogP contribution >= 0.6 is 0 Å². The Bertz CT molecular complexity index is 718. The van der Waals surface area contributed by atoms with Crippen LogP contribution in [-0.2, 0) is 4.74 Å². The van der Waals surface area contributed by atoms with Gasteiger partial charge in [-0.1, -0.05) is 6.07 Å². The lowest BCUT2D eigenvalue weighted by molar-refractivity contribution is 0.0864. The zero-order valence-corrected chi connectivity index (χ0v) is 13.1. The van der Waals surface area contributed by atoms with Crippen LogP contribution in [0.15, 0.2) is 29.8 Å². The van der Waals surface area contributed by atoms with Crippen molar-refractivity contribution in [1.29, 1.82) is 0 Å². The first-order valence-electron chi connectivity index (χ1n) is 7.37. The number of methoxy groups -OCH3 is 1. The number of nitrogens with zero attached hydrogens (tertiary/aromatic N) is 1. The monoisotopic (exact) mass is 283 g/mol. The van der Waals surface area contributed by atoms with E-state index in [2.05, 4.69) is 37.0 Å². The standard InChI is InChI=1S/C18H21NO2/c1-11-9-18(20-4)16-10-14(5-6-17(16)19-11)15-7-8-21-13(3)12(15)2/h5-6,9-10,13H,7-8H2,1-4H3. The molecule has 0 fully saturated rings. The molecule has 21 heavy (non-hydrogen) atoms. The normalized spacial score (nSPS) is 19.1. The molecule has 1 unspecified atom stereocenters. The van der Waals surface area contributed by atoms with E-state index in [0.29, 0.717) is 0 Å². The van der Waals surface area contributed by atoms with Crippen molar-refractivity contribution in [3.05, 3.63) is 41.1 Å². The fourth-order valence-electron chi connectivity index (χ4n) is 2.95. The highest BCUT2D eigenvalue weighted by Crippen LogP contribution is 2.33. The van der Waals surface area contributed by atoms with E-state index >= 15 is 0 Å². The van der Waals surface area contributed by atoms with Gasteiger partial charge in [0.25, 0.3) is 0 Å². The molecule has 0 spiro atoms. The number of pyridine rings is 1. The molecule has 3 nitrogen and oxygen atoms in total. The first-order valence-corrected chi connectivity index (χ1v) is 7.37. The largest absolute Gasteiger partial charge is 0.496 e. The lowest BCUT2D eigenvalue weighted by Gasteiger charge is -2.25. The average Bonchev–Trinajstić information content (AvgIpc) is 2.49. The van der Waals surface area contributed by atoms with Crippen LogP contribution in [0.5, 0.6) is 5.75 Å². The summed E-state index contributed by atoms with van der Waals surface area (Å²) >= 11 is 0. The minimum Gasteiger partial charge on any atom is -0.496 e. The quantitative estimate of drug-likeness (QED) is 0.830. The molecule has 2 heterocycles. The van der Waals surface area contributed by atoms with E-state index in [1.165, 1.54) is 16.7 Å². The van der Waals surface area contributed by atoms with Gasteiger partial charge in [0.15, 0.2) is 0 Å². The average molecular weight is 283 g/mol. The molecule has 0 amide bonds. The van der Waals surface area contributed by atoms with Crippen LogP contribution in [0.3, 0.4) is 0 Å².